The molecule has 1 aliphatic heterocycles. The number of hydrogen-bond donors (Lipinski definition) is 0. The number of anilines is 1. The van der Waals surface area contributed by atoms with E-state index in [0.29, 0.717) is 5.92 Å². The average Bonchev–Trinajstić information content (AvgIpc) is 2.74. The lowest BCUT2D eigenvalue weighted by Crippen LogP contribution is -2.45. The average molecular weight is 441 g/mol. The van der Waals surface area contributed by atoms with Crippen molar-refractivity contribution in [1.82, 2.24) is 4.90 Å². The minimum Gasteiger partial charge on any atom is -0.372 e. The molecule has 3 rings (SSSR count). The summed E-state index contributed by atoms with van der Waals surface area (Å²) >= 11 is 3.86. The van der Waals surface area contributed by atoms with Crippen LogP contribution in [0.1, 0.15) is 84.6 Å². The minimum absolute atomic E-state index is 0.174. The number of aliphatic imine (C=N–C) groups is 1. The van der Waals surface area contributed by atoms with Gasteiger partial charge in [0.15, 0.2) is 4.90 Å². The van der Waals surface area contributed by atoms with Crippen molar-refractivity contribution in [3.8, 4) is 0 Å². The quantitative estimate of drug-likeness (QED) is 0.424. The summed E-state index contributed by atoms with van der Waals surface area (Å²) in [5.74, 6) is 0.534. The van der Waals surface area contributed by atoms with Gasteiger partial charge in [0.2, 0.25) is 0 Å². The number of unbranched alkanes of at least 4 members (excludes halogenated alkanes) is 2. The lowest BCUT2D eigenvalue weighted by molar-refractivity contribution is 0.339. The van der Waals surface area contributed by atoms with Crippen LogP contribution in [0.4, 0.5) is 11.4 Å². The third-order valence-electron chi connectivity index (χ3n) is 6.91. The fourth-order valence-corrected chi connectivity index (χ4v) is 5.02. The monoisotopic (exact) mass is 440 g/mol. The van der Waals surface area contributed by atoms with Gasteiger partial charge in [0.05, 0.1) is 0 Å². The molecule has 1 unspecified atom stereocenters. The van der Waals surface area contributed by atoms with E-state index in [4.69, 9.17) is 4.99 Å². The summed E-state index contributed by atoms with van der Waals surface area (Å²) in [6.07, 6.45) is 13.9. The SMILES string of the molecule is CCCCN(CCCC)C1=CCC(=Nc2cc3c(cc2[SH2+])N(C)C(C)(C)CC3C)C=C1. The second-order valence-corrected chi connectivity index (χ2v) is 10.4. The normalized spacial score (nSPS) is 21.3. The van der Waals surface area contributed by atoms with E-state index in [-0.39, 0.29) is 5.54 Å². The van der Waals surface area contributed by atoms with Gasteiger partial charge in [-0.25, -0.2) is 4.99 Å². The first-order valence-electron chi connectivity index (χ1n) is 12.1. The van der Waals surface area contributed by atoms with E-state index in [2.05, 4.69) is 94.5 Å². The first kappa shape index (κ1) is 24.0. The largest absolute Gasteiger partial charge is 0.372 e. The van der Waals surface area contributed by atoms with Gasteiger partial charge < -0.3 is 9.80 Å². The molecule has 0 saturated carbocycles. The highest BCUT2D eigenvalue weighted by Gasteiger charge is 2.35. The molecule has 0 radical (unpaired) electrons. The summed E-state index contributed by atoms with van der Waals surface area (Å²) < 4.78 is 0. The molecule has 0 bridgehead atoms. The zero-order valence-corrected chi connectivity index (χ0v) is 21.5. The Morgan fingerprint density at radius 2 is 1.81 bits per heavy atom. The van der Waals surface area contributed by atoms with Crippen LogP contribution in [0.3, 0.4) is 0 Å². The predicted octanol–water partition coefficient (Wildman–Crippen LogP) is 6.60. The molecule has 4 heteroatoms. The number of rotatable bonds is 8. The molecule has 1 atom stereocenters. The van der Waals surface area contributed by atoms with Crippen LogP contribution in [0.25, 0.3) is 0 Å². The van der Waals surface area contributed by atoms with Gasteiger partial charge in [-0.1, -0.05) is 39.7 Å². The first-order chi connectivity index (χ1) is 14.8. The lowest BCUT2D eigenvalue weighted by atomic mass is 9.80. The van der Waals surface area contributed by atoms with Crippen molar-refractivity contribution in [3.05, 3.63) is 41.6 Å². The molecule has 170 valence electrons. The molecular formula is C27H42N3S+. The van der Waals surface area contributed by atoms with Crippen molar-refractivity contribution in [3.63, 3.8) is 0 Å². The topological polar surface area (TPSA) is 18.8 Å². The van der Waals surface area contributed by atoms with Gasteiger partial charge >= 0.3 is 0 Å². The lowest BCUT2D eigenvalue weighted by Gasteiger charge is -2.45. The van der Waals surface area contributed by atoms with Gasteiger partial charge in [0, 0.05) is 55.3 Å². The Labute approximate surface area is 195 Å². The Morgan fingerprint density at radius 3 is 2.39 bits per heavy atom. The molecule has 2 aliphatic rings. The Morgan fingerprint density at radius 1 is 1.13 bits per heavy atom. The third-order valence-corrected chi connectivity index (χ3v) is 7.31. The van der Waals surface area contributed by atoms with Gasteiger partial charge in [0.1, 0.15) is 5.69 Å². The Kier molecular flexibility index (Phi) is 7.96. The van der Waals surface area contributed by atoms with Crippen LogP contribution in [0, 0.1) is 0 Å². The minimum atomic E-state index is 0.174. The maximum absolute atomic E-state index is 5.04. The highest BCUT2D eigenvalue weighted by atomic mass is 32.1. The second kappa shape index (κ2) is 10.3. The molecule has 0 spiro atoms. The molecular weight excluding hydrogens is 398 g/mol. The standard InChI is InChI=1S/C27H41N3S/c1-7-9-15-30(16-10-8-2)22-13-11-21(12-14-22)28-24-17-23-20(3)19-27(4,5)29(6)25(23)18-26(24)31/h11,13-14,17-18,20,31H,7-10,12,15-16,19H2,1-6H3/p+1. The van der Waals surface area contributed by atoms with E-state index in [1.165, 1.54) is 42.6 Å². The van der Waals surface area contributed by atoms with E-state index in [1.807, 2.05) is 0 Å². The van der Waals surface area contributed by atoms with Crippen molar-refractivity contribution in [2.75, 3.05) is 25.0 Å². The van der Waals surface area contributed by atoms with Crippen LogP contribution in [0.5, 0.6) is 0 Å². The highest BCUT2D eigenvalue weighted by Crippen LogP contribution is 2.45. The summed E-state index contributed by atoms with van der Waals surface area (Å²) in [6, 6.07) is 4.55. The summed E-state index contributed by atoms with van der Waals surface area (Å²) in [6.45, 7) is 13.8. The van der Waals surface area contributed by atoms with Crippen LogP contribution in [-0.2, 0) is 12.6 Å². The molecule has 0 aromatic heterocycles. The molecule has 31 heavy (non-hydrogen) atoms. The van der Waals surface area contributed by atoms with Crippen molar-refractivity contribution in [1.29, 1.82) is 0 Å². The maximum atomic E-state index is 5.04. The van der Waals surface area contributed by atoms with Gasteiger partial charge in [0.25, 0.3) is 0 Å². The number of nitrogens with zero attached hydrogens (tertiary/aromatic N) is 3. The molecule has 3 nitrogen and oxygen atoms in total. The Bertz CT molecular complexity index is 857. The van der Waals surface area contributed by atoms with E-state index in [0.717, 1.165) is 42.2 Å². The van der Waals surface area contributed by atoms with Crippen molar-refractivity contribution in [2.24, 2.45) is 4.99 Å². The van der Waals surface area contributed by atoms with Crippen LogP contribution in [-0.4, -0.2) is 36.3 Å². The number of allylic oxidation sites excluding steroid dienone is 3. The molecule has 0 N–H and O–H groups in total. The van der Waals surface area contributed by atoms with Crippen molar-refractivity contribution >= 4 is 29.7 Å². The van der Waals surface area contributed by atoms with Crippen molar-refractivity contribution < 1.29 is 0 Å². The molecule has 1 aliphatic carbocycles. The smallest absolute Gasteiger partial charge is 0.178 e. The fraction of sp³-hybridized carbons (Fsp3) is 0.593. The number of benzene rings is 1. The molecule has 0 amide bonds. The second-order valence-electron chi connectivity index (χ2n) is 9.87. The van der Waals surface area contributed by atoms with Crippen LogP contribution in [0.15, 0.2) is 45.9 Å². The third kappa shape index (κ3) is 5.58. The van der Waals surface area contributed by atoms with E-state index in [1.54, 1.807) is 0 Å². The Balaban J connectivity index is 1.80. The molecule has 0 saturated heterocycles. The van der Waals surface area contributed by atoms with Gasteiger partial charge in [-0.2, -0.15) is 0 Å². The fourth-order valence-electron chi connectivity index (χ4n) is 4.76. The molecule has 1 aromatic carbocycles. The van der Waals surface area contributed by atoms with Crippen LogP contribution < -0.4 is 4.90 Å². The summed E-state index contributed by atoms with van der Waals surface area (Å²) in [4.78, 5) is 11.1. The van der Waals surface area contributed by atoms with E-state index in [9.17, 15) is 0 Å². The summed E-state index contributed by atoms with van der Waals surface area (Å²) in [5.41, 5.74) is 6.44. The van der Waals surface area contributed by atoms with E-state index >= 15 is 0 Å². The predicted molar refractivity (Wildman–Crippen MR) is 141 cm³/mol. The van der Waals surface area contributed by atoms with Gasteiger partial charge in [-0.05, 0) is 75.4 Å². The maximum Gasteiger partial charge on any atom is 0.178 e. The van der Waals surface area contributed by atoms with Gasteiger partial charge in [-0.15, -0.1) is 0 Å². The molecule has 1 aromatic rings. The zero-order chi connectivity index (χ0) is 22.6. The number of fused-ring (bicyclic) bond motifs is 1. The molecule has 0 fully saturated rings. The van der Waals surface area contributed by atoms with Gasteiger partial charge in [-0.3, -0.25) is 0 Å². The summed E-state index contributed by atoms with van der Waals surface area (Å²) in [5, 5.41) is 0. The first-order valence-corrected chi connectivity index (χ1v) is 12.6. The Hall–Kier alpha value is -1.68. The molecule has 1 heterocycles. The number of hydrogen-bond acceptors (Lipinski definition) is 3. The highest BCUT2D eigenvalue weighted by molar-refractivity contribution is 7.59. The van der Waals surface area contributed by atoms with Crippen LogP contribution >= 0.6 is 0 Å². The van der Waals surface area contributed by atoms with Crippen LogP contribution in [0.2, 0.25) is 0 Å². The van der Waals surface area contributed by atoms with E-state index < -0.39 is 0 Å². The van der Waals surface area contributed by atoms with Crippen molar-refractivity contribution in [2.45, 2.75) is 89.5 Å². The zero-order valence-electron chi connectivity index (χ0n) is 20.5. The summed E-state index contributed by atoms with van der Waals surface area (Å²) in [7, 11) is 2.21.